The van der Waals surface area contributed by atoms with Crippen LogP contribution in [0.15, 0.2) is 42.5 Å². The maximum atomic E-state index is 12.6. The van der Waals surface area contributed by atoms with E-state index in [9.17, 15) is 14.9 Å². The number of amides is 2. The van der Waals surface area contributed by atoms with Gasteiger partial charge in [0.1, 0.15) is 5.75 Å². The number of nitrogens with zero attached hydrogens (tertiary/aromatic N) is 4. The summed E-state index contributed by atoms with van der Waals surface area (Å²) < 4.78 is 6.05. The number of nitro groups is 1. The van der Waals surface area contributed by atoms with Gasteiger partial charge in [-0.15, -0.1) is 0 Å². The Morgan fingerprint density at radius 3 is 2.69 bits per heavy atom. The molecule has 1 aromatic heterocycles. The number of rotatable bonds is 4. The number of nitrogens with one attached hydrogen (secondary N) is 1. The number of non-ortho nitro benzene ring substituents is 1. The van der Waals surface area contributed by atoms with Gasteiger partial charge in [0.2, 0.25) is 0 Å². The maximum Gasteiger partial charge on any atom is 0.322 e. The molecule has 29 heavy (non-hydrogen) atoms. The lowest BCUT2D eigenvalue weighted by molar-refractivity contribution is -0.384. The van der Waals surface area contributed by atoms with Crippen LogP contribution >= 0.6 is 11.3 Å². The van der Waals surface area contributed by atoms with Crippen molar-refractivity contribution in [3.05, 3.63) is 52.6 Å². The zero-order valence-electron chi connectivity index (χ0n) is 15.7. The molecule has 1 fully saturated rings. The fourth-order valence-corrected chi connectivity index (χ4v) is 4.24. The minimum atomic E-state index is -0.405. The number of piperazine rings is 1. The normalized spacial score (nSPS) is 14.1. The number of benzene rings is 2. The molecule has 0 aliphatic carbocycles. The Balaban J connectivity index is 1.40. The highest BCUT2D eigenvalue weighted by Crippen LogP contribution is 2.32. The highest BCUT2D eigenvalue weighted by atomic mass is 32.1. The number of thiazole rings is 1. The van der Waals surface area contributed by atoms with Gasteiger partial charge in [0, 0.05) is 38.3 Å². The number of ether oxygens (including phenoxy) is 1. The van der Waals surface area contributed by atoms with Gasteiger partial charge in [0.05, 0.1) is 27.9 Å². The van der Waals surface area contributed by atoms with E-state index in [0.717, 1.165) is 15.3 Å². The van der Waals surface area contributed by atoms with E-state index in [2.05, 4.69) is 15.2 Å². The van der Waals surface area contributed by atoms with Crippen molar-refractivity contribution in [2.45, 2.75) is 0 Å². The van der Waals surface area contributed by atoms with Crippen molar-refractivity contribution in [1.29, 1.82) is 0 Å². The van der Waals surface area contributed by atoms with Crippen LogP contribution in [-0.4, -0.2) is 54.1 Å². The SMILES string of the molecule is COc1ccccc1NC(=O)N1CCN(c2nc3ccc([N+](=O)[O-])cc3s2)CC1. The number of hydrogen-bond acceptors (Lipinski definition) is 7. The summed E-state index contributed by atoms with van der Waals surface area (Å²) in [6, 6.07) is 11.8. The molecule has 0 spiro atoms. The molecule has 1 aliphatic heterocycles. The van der Waals surface area contributed by atoms with Crippen LogP contribution in [0.5, 0.6) is 5.75 Å². The average molecular weight is 413 g/mol. The predicted molar refractivity (Wildman–Crippen MR) is 112 cm³/mol. The molecular formula is C19H19N5O4S. The molecular weight excluding hydrogens is 394 g/mol. The molecule has 0 saturated carbocycles. The lowest BCUT2D eigenvalue weighted by atomic mass is 10.3. The Hall–Kier alpha value is -3.40. The molecule has 4 rings (SSSR count). The van der Waals surface area contributed by atoms with Crippen LogP contribution in [0, 0.1) is 10.1 Å². The molecule has 10 heteroatoms. The topological polar surface area (TPSA) is 101 Å². The molecule has 0 unspecified atom stereocenters. The predicted octanol–water partition coefficient (Wildman–Crippen LogP) is 3.57. The Bertz CT molecular complexity index is 1060. The maximum absolute atomic E-state index is 12.6. The third-order valence-corrected chi connectivity index (χ3v) is 5.84. The third-order valence-electron chi connectivity index (χ3n) is 4.76. The number of anilines is 2. The van der Waals surface area contributed by atoms with Crippen LogP contribution in [0.2, 0.25) is 0 Å². The summed E-state index contributed by atoms with van der Waals surface area (Å²) in [6.07, 6.45) is 0. The first-order valence-electron chi connectivity index (χ1n) is 9.04. The van der Waals surface area contributed by atoms with E-state index in [4.69, 9.17) is 4.74 Å². The van der Waals surface area contributed by atoms with E-state index < -0.39 is 4.92 Å². The molecule has 0 bridgehead atoms. The molecule has 0 radical (unpaired) electrons. The second-order valence-corrected chi connectivity index (χ2v) is 7.52. The van der Waals surface area contributed by atoms with Crippen LogP contribution in [-0.2, 0) is 0 Å². The fraction of sp³-hybridized carbons (Fsp3) is 0.263. The highest BCUT2D eigenvalue weighted by Gasteiger charge is 2.24. The third kappa shape index (κ3) is 3.92. The van der Waals surface area contributed by atoms with Gasteiger partial charge in [-0.25, -0.2) is 9.78 Å². The number of carbonyl (C=O) groups is 1. The van der Waals surface area contributed by atoms with Crippen molar-refractivity contribution in [2.75, 3.05) is 43.5 Å². The summed E-state index contributed by atoms with van der Waals surface area (Å²) in [5, 5.41) is 14.7. The van der Waals surface area contributed by atoms with Gasteiger partial charge in [-0.1, -0.05) is 23.5 Å². The van der Waals surface area contributed by atoms with Gasteiger partial charge in [0.25, 0.3) is 5.69 Å². The Morgan fingerprint density at radius 2 is 1.97 bits per heavy atom. The summed E-state index contributed by atoms with van der Waals surface area (Å²) in [4.78, 5) is 31.6. The first-order chi connectivity index (χ1) is 14.0. The quantitative estimate of drug-likeness (QED) is 0.518. The lowest BCUT2D eigenvalue weighted by Crippen LogP contribution is -2.50. The standard InChI is InChI=1S/C19H19N5O4S/c1-28-16-5-3-2-4-14(16)20-18(25)22-8-10-23(11-9-22)19-21-15-7-6-13(24(26)27)12-17(15)29-19/h2-7,12H,8-11H2,1H3,(H,20,25). The van der Waals surface area contributed by atoms with E-state index >= 15 is 0 Å². The number of carbonyl (C=O) groups excluding carboxylic acids is 1. The second-order valence-electron chi connectivity index (χ2n) is 6.51. The largest absolute Gasteiger partial charge is 0.495 e. The average Bonchev–Trinajstić information content (AvgIpc) is 3.17. The van der Waals surface area contributed by atoms with Crippen molar-refractivity contribution >= 4 is 44.1 Å². The molecule has 1 saturated heterocycles. The molecule has 2 heterocycles. The van der Waals surface area contributed by atoms with Crippen LogP contribution in [0.1, 0.15) is 0 Å². The number of para-hydroxylation sites is 2. The number of hydrogen-bond donors (Lipinski definition) is 1. The summed E-state index contributed by atoms with van der Waals surface area (Å²) in [7, 11) is 1.57. The van der Waals surface area contributed by atoms with E-state index in [1.54, 1.807) is 36.3 Å². The van der Waals surface area contributed by atoms with Gasteiger partial charge in [-0.05, 0) is 18.2 Å². The zero-order chi connectivity index (χ0) is 20.4. The second kappa shape index (κ2) is 7.92. The van der Waals surface area contributed by atoms with Crippen LogP contribution in [0.25, 0.3) is 10.2 Å². The van der Waals surface area contributed by atoms with Crippen LogP contribution < -0.4 is 15.0 Å². The van der Waals surface area contributed by atoms with Gasteiger partial charge < -0.3 is 19.9 Å². The summed E-state index contributed by atoms with van der Waals surface area (Å²) in [5.41, 5.74) is 1.44. The minimum Gasteiger partial charge on any atom is -0.495 e. The van der Waals surface area contributed by atoms with Gasteiger partial charge >= 0.3 is 6.03 Å². The minimum absolute atomic E-state index is 0.0607. The van der Waals surface area contributed by atoms with Crippen molar-refractivity contribution in [3.63, 3.8) is 0 Å². The number of methoxy groups -OCH3 is 1. The fourth-order valence-electron chi connectivity index (χ4n) is 3.19. The monoisotopic (exact) mass is 413 g/mol. The van der Waals surface area contributed by atoms with Gasteiger partial charge in [-0.2, -0.15) is 0 Å². The van der Waals surface area contributed by atoms with Crippen molar-refractivity contribution in [1.82, 2.24) is 9.88 Å². The number of nitro benzene ring substituents is 1. The first-order valence-corrected chi connectivity index (χ1v) is 9.85. The van der Waals surface area contributed by atoms with E-state index in [1.165, 1.54) is 17.4 Å². The Morgan fingerprint density at radius 1 is 1.21 bits per heavy atom. The van der Waals surface area contributed by atoms with Crippen molar-refractivity contribution in [3.8, 4) is 5.75 Å². The number of aromatic nitrogens is 1. The van der Waals surface area contributed by atoms with Crippen molar-refractivity contribution < 1.29 is 14.5 Å². The lowest BCUT2D eigenvalue weighted by Gasteiger charge is -2.34. The molecule has 150 valence electrons. The smallest absolute Gasteiger partial charge is 0.322 e. The molecule has 3 aromatic rings. The molecule has 1 N–H and O–H groups in total. The molecule has 2 aromatic carbocycles. The number of urea groups is 1. The van der Waals surface area contributed by atoms with Gasteiger partial charge in [-0.3, -0.25) is 10.1 Å². The van der Waals surface area contributed by atoms with Gasteiger partial charge in [0.15, 0.2) is 5.13 Å². The van der Waals surface area contributed by atoms with Crippen LogP contribution in [0.4, 0.5) is 21.3 Å². The van der Waals surface area contributed by atoms with Crippen molar-refractivity contribution in [2.24, 2.45) is 0 Å². The highest BCUT2D eigenvalue weighted by molar-refractivity contribution is 7.22. The summed E-state index contributed by atoms with van der Waals surface area (Å²) in [6.45, 7) is 2.39. The molecule has 1 aliphatic rings. The molecule has 2 amide bonds. The summed E-state index contributed by atoms with van der Waals surface area (Å²) in [5.74, 6) is 0.614. The Labute approximate surface area is 170 Å². The zero-order valence-corrected chi connectivity index (χ0v) is 16.5. The molecule has 9 nitrogen and oxygen atoms in total. The molecule has 0 atom stereocenters. The summed E-state index contributed by atoms with van der Waals surface area (Å²) >= 11 is 1.43. The van der Waals surface area contributed by atoms with E-state index in [0.29, 0.717) is 37.6 Å². The number of fused-ring (bicyclic) bond motifs is 1. The van der Waals surface area contributed by atoms with E-state index in [-0.39, 0.29) is 11.7 Å². The Kier molecular flexibility index (Phi) is 5.17. The first kappa shape index (κ1) is 18.9. The van der Waals surface area contributed by atoms with E-state index in [1.807, 2.05) is 12.1 Å². The van der Waals surface area contributed by atoms with Crippen LogP contribution in [0.3, 0.4) is 0 Å².